The molecule has 16 heavy (non-hydrogen) atoms. The van der Waals surface area contributed by atoms with Crippen molar-refractivity contribution in [2.45, 2.75) is 57.3 Å². The third-order valence-corrected chi connectivity index (χ3v) is 3.33. The summed E-state index contributed by atoms with van der Waals surface area (Å²) < 4.78 is 16.5. The molecule has 90 valence electrons. The van der Waals surface area contributed by atoms with Gasteiger partial charge in [-0.1, -0.05) is 6.92 Å². The van der Waals surface area contributed by atoms with Crippen LogP contribution >= 0.6 is 0 Å². The molecule has 1 aromatic rings. The fourth-order valence-corrected chi connectivity index (χ4v) is 2.51. The molecule has 3 nitrogen and oxygen atoms in total. The van der Waals surface area contributed by atoms with Crippen LogP contribution in [0.5, 0.6) is 0 Å². The molecule has 0 amide bonds. The topological polar surface area (TPSA) is 43.8 Å². The molecule has 0 bridgehead atoms. The van der Waals surface area contributed by atoms with Gasteiger partial charge in [-0.25, -0.2) is 9.37 Å². The van der Waals surface area contributed by atoms with Gasteiger partial charge >= 0.3 is 0 Å². The first-order valence-corrected chi connectivity index (χ1v) is 6.07. The number of aromatic nitrogens is 2. The molecule has 0 aliphatic heterocycles. The van der Waals surface area contributed by atoms with E-state index in [1.54, 1.807) is 6.20 Å². The van der Waals surface area contributed by atoms with Crippen molar-refractivity contribution in [2.75, 3.05) is 0 Å². The molecule has 2 atom stereocenters. The standard InChI is InChI=1S/C12H20FN3/c1-2-6-16-7-5-15-11(16)9-12(13)4-3-10(14)8-12/h5,7,10H,2-4,6,8-9,14H2,1H3. The highest BCUT2D eigenvalue weighted by molar-refractivity contribution is 5.03. The van der Waals surface area contributed by atoms with Crippen LogP contribution < -0.4 is 5.73 Å². The van der Waals surface area contributed by atoms with E-state index in [1.165, 1.54) is 0 Å². The first-order chi connectivity index (χ1) is 7.63. The lowest BCUT2D eigenvalue weighted by Crippen LogP contribution is -2.27. The molecule has 1 aliphatic carbocycles. The molecule has 1 fully saturated rings. The molecule has 1 aliphatic rings. The summed E-state index contributed by atoms with van der Waals surface area (Å²) in [6, 6.07) is 0.0274. The molecule has 0 spiro atoms. The number of alkyl halides is 1. The van der Waals surface area contributed by atoms with Gasteiger partial charge in [0.2, 0.25) is 0 Å². The highest BCUT2D eigenvalue weighted by Gasteiger charge is 2.38. The lowest BCUT2D eigenvalue weighted by atomic mass is 9.99. The SMILES string of the molecule is CCCn1ccnc1CC1(F)CCC(N)C1. The molecular formula is C12H20FN3. The van der Waals surface area contributed by atoms with E-state index in [4.69, 9.17) is 5.73 Å². The van der Waals surface area contributed by atoms with E-state index in [1.807, 2.05) is 10.8 Å². The third-order valence-electron chi connectivity index (χ3n) is 3.33. The van der Waals surface area contributed by atoms with Crippen LogP contribution in [0, 0.1) is 0 Å². The van der Waals surface area contributed by atoms with Gasteiger partial charge in [-0.2, -0.15) is 0 Å². The Bertz CT molecular complexity index is 350. The Morgan fingerprint density at radius 3 is 3.12 bits per heavy atom. The minimum atomic E-state index is -1.13. The van der Waals surface area contributed by atoms with Crippen LogP contribution in [0.25, 0.3) is 0 Å². The second kappa shape index (κ2) is 4.53. The summed E-state index contributed by atoms with van der Waals surface area (Å²) in [6.45, 7) is 3.03. The Balaban J connectivity index is 2.05. The molecular weight excluding hydrogens is 205 g/mol. The number of hydrogen-bond acceptors (Lipinski definition) is 2. The quantitative estimate of drug-likeness (QED) is 0.852. The van der Waals surface area contributed by atoms with Gasteiger partial charge in [-0.05, 0) is 25.7 Å². The van der Waals surface area contributed by atoms with Crippen molar-refractivity contribution in [1.29, 1.82) is 0 Å². The maximum Gasteiger partial charge on any atom is 0.119 e. The van der Waals surface area contributed by atoms with Crippen LogP contribution in [0.15, 0.2) is 12.4 Å². The Hall–Kier alpha value is -0.900. The summed E-state index contributed by atoms with van der Waals surface area (Å²) in [6.07, 6.45) is 6.99. The van der Waals surface area contributed by atoms with Crippen molar-refractivity contribution in [3.8, 4) is 0 Å². The van der Waals surface area contributed by atoms with Gasteiger partial charge < -0.3 is 10.3 Å². The zero-order valence-corrected chi connectivity index (χ0v) is 9.82. The molecule has 1 heterocycles. The van der Waals surface area contributed by atoms with Crippen LogP contribution in [-0.4, -0.2) is 21.3 Å². The molecule has 0 aromatic carbocycles. The number of hydrogen-bond donors (Lipinski definition) is 1. The minimum absolute atomic E-state index is 0.0274. The van der Waals surface area contributed by atoms with E-state index < -0.39 is 5.67 Å². The highest BCUT2D eigenvalue weighted by Crippen LogP contribution is 2.35. The van der Waals surface area contributed by atoms with Crippen molar-refractivity contribution in [3.05, 3.63) is 18.2 Å². The largest absolute Gasteiger partial charge is 0.335 e. The van der Waals surface area contributed by atoms with E-state index in [0.717, 1.165) is 25.2 Å². The summed E-state index contributed by atoms with van der Waals surface area (Å²) in [5, 5.41) is 0. The van der Waals surface area contributed by atoms with E-state index in [9.17, 15) is 4.39 Å². The summed E-state index contributed by atoms with van der Waals surface area (Å²) >= 11 is 0. The molecule has 0 saturated heterocycles. The number of imidazole rings is 1. The zero-order chi connectivity index (χ0) is 11.6. The Morgan fingerprint density at radius 2 is 2.50 bits per heavy atom. The fourth-order valence-electron chi connectivity index (χ4n) is 2.51. The predicted molar refractivity (Wildman–Crippen MR) is 61.9 cm³/mol. The molecule has 2 N–H and O–H groups in total. The van der Waals surface area contributed by atoms with Crippen LogP contribution in [-0.2, 0) is 13.0 Å². The van der Waals surface area contributed by atoms with Crippen molar-refractivity contribution in [1.82, 2.24) is 9.55 Å². The van der Waals surface area contributed by atoms with Gasteiger partial charge in [0.25, 0.3) is 0 Å². The number of rotatable bonds is 4. The summed E-state index contributed by atoms with van der Waals surface area (Å²) in [5.41, 5.74) is 4.64. The maximum atomic E-state index is 14.4. The summed E-state index contributed by atoms with van der Waals surface area (Å²) in [4.78, 5) is 4.25. The second-order valence-electron chi connectivity index (χ2n) is 4.87. The lowest BCUT2D eigenvalue weighted by Gasteiger charge is -2.19. The van der Waals surface area contributed by atoms with Gasteiger partial charge in [0.15, 0.2) is 0 Å². The molecule has 0 radical (unpaired) electrons. The Kier molecular flexibility index (Phi) is 3.28. The number of nitrogens with zero attached hydrogens (tertiary/aromatic N) is 2. The number of nitrogens with two attached hydrogens (primary N) is 1. The van der Waals surface area contributed by atoms with Gasteiger partial charge in [0.05, 0.1) is 0 Å². The molecule has 2 rings (SSSR count). The third kappa shape index (κ3) is 2.43. The zero-order valence-electron chi connectivity index (χ0n) is 9.82. The number of halogens is 1. The minimum Gasteiger partial charge on any atom is -0.335 e. The smallest absolute Gasteiger partial charge is 0.119 e. The van der Waals surface area contributed by atoms with Crippen molar-refractivity contribution >= 4 is 0 Å². The monoisotopic (exact) mass is 225 g/mol. The molecule has 1 saturated carbocycles. The van der Waals surface area contributed by atoms with E-state index in [-0.39, 0.29) is 6.04 Å². The van der Waals surface area contributed by atoms with Crippen LogP contribution in [0.2, 0.25) is 0 Å². The predicted octanol–water partition coefficient (Wildman–Crippen LogP) is 2.06. The Morgan fingerprint density at radius 1 is 1.69 bits per heavy atom. The Labute approximate surface area is 95.9 Å². The van der Waals surface area contributed by atoms with Crippen LogP contribution in [0.4, 0.5) is 4.39 Å². The summed E-state index contributed by atoms with van der Waals surface area (Å²) in [7, 11) is 0. The fraction of sp³-hybridized carbons (Fsp3) is 0.750. The number of aryl methyl sites for hydroxylation is 1. The van der Waals surface area contributed by atoms with E-state index >= 15 is 0 Å². The highest BCUT2D eigenvalue weighted by atomic mass is 19.1. The van der Waals surface area contributed by atoms with E-state index in [0.29, 0.717) is 19.3 Å². The van der Waals surface area contributed by atoms with Crippen molar-refractivity contribution < 1.29 is 4.39 Å². The van der Waals surface area contributed by atoms with Crippen LogP contribution in [0.3, 0.4) is 0 Å². The van der Waals surface area contributed by atoms with Crippen LogP contribution in [0.1, 0.15) is 38.4 Å². The first-order valence-electron chi connectivity index (χ1n) is 6.07. The average molecular weight is 225 g/mol. The van der Waals surface area contributed by atoms with Gasteiger partial charge in [0, 0.05) is 31.4 Å². The molecule has 4 heteroatoms. The van der Waals surface area contributed by atoms with Crippen molar-refractivity contribution in [3.63, 3.8) is 0 Å². The van der Waals surface area contributed by atoms with Gasteiger partial charge in [-0.15, -0.1) is 0 Å². The summed E-state index contributed by atoms with van der Waals surface area (Å²) in [5.74, 6) is 0.860. The normalized spacial score (nSPS) is 29.8. The second-order valence-corrected chi connectivity index (χ2v) is 4.87. The lowest BCUT2D eigenvalue weighted by molar-refractivity contribution is 0.165. The van der Waals surface area contributed by atoms with Gasteiger partial charge in [0.1, 0.15) is 11.5 Å². The van der Waals surface area contributed by atoms with E-state index in [2.05, 4.69) is 11.9 Å². The maximum absolute atomic E-state index is 14.4. The first kappa shape index (κ1) is 11.6. The molecule has 2 unspecified atom stereocenters. The van der Waals surface area contributed by atoms with Gasteiger partial charge in [-0.3, -0.25) is 0 Å². The average Bonchev–Trinajstić information content (AvgIpc) is 2.76. The van der Waals surface area contributed by atoms with Crippen molar-refractivity contribution in [2.24, 2.45) is 5.73 Å². The molecule has 1 aromatic heterocycles.